The van der Waals surface area contributed by atoms with Crippen LogP contribution in [-0.4, -0.2) is 71.4 Å². The summed E-state index contributed by atoms with van der Waals surface area (Å²) < 4.78 is 36.8. The van der Waals surface area contributed by atoms with Gasteiger partial charge in [0.25, 0.3) is 0 Å². The first-order chi connectivity index (χ1) is 16.6. The third-order valence-corrected chi connectivity index (χ3v) is 6.69. The van der Waals surface area contributed by atoms with Crippen LogP contribution in [0.15, 0.2) is 35.4 Å². The molecule has 0 unspecified atom stereocenters. The van der Waals surface area contributed by atoms with E-state index in [-0.39, 0.29) is 12.5 Å². The molecule has 1 saturated heterocycles. The van der Waals surface area contributed by atoms with E-state index >= 15 is 0 Å². The number of thioether (sulfide) groups is 1. The SMILES string of the molecule is COc1ccc2ncc(F)c(C[C@H](O)C3OCC(NCc4cc5c(nn4)OCCS5)CO3)c2c1. The molecule has 0 aliphatic carbocycles. The molecule has 34 heavy (non-hydrogen) atoms. The Morgan fingerprint density at radius 3 is 2.94 bits per heavy atom. The second kappa shape index (κ2) is 10.4. The number of ether oxygens (including phenoxy) is 4. The first-order valence-corrected chi connectivity index (χ1v) is 12.0. The largest absolute Gasteiger partial charge is 0.497 e. The Morgan fingerprint density at radius 2 is 2.12 bits per heavy atom. The van der Waals surface area contributed by atoms with Crippen LogP contribution in [0.3, 0.4) is 0 Å². The second-order valence-electron chi connectivity index (χ2n) is 8.05. The topological polar surface area (TPSA) is 108 Å². The molecule has 0 saturated carbocycles. The van der Waals surface area contributed by atoms with Gasteiger partial charge in [0.15, 0.2) is 6.29 Å². The molecule has 1 aromatic carbocycles. The lowest BCUT2D eigenvalue weighted by atomic mass is 10.0. The van der Waals surface area contributed by atoms with Gasteiger partial charge in [-0.3, -0.25) is 4.98 Å². The molecule has 3 aromatic rings. The van der Waals surface area contributed by atoms with E-state index in [1.807, 2.05) is 6.07 Å². The highest BCUT2D eigenvalue weighted by Gasteiger charge is 2.29. The van der Waals surface area contributed by atoms with Crippen molar-refractivity contribution in [2.75, 3.05) is 32.7 Å². The second-order valence-corrected chi connectivity index (χ2v) is 9.19. The van der Waals surface area contributed by atoms with E-state index < -0.39 is 18.2 Å². The number of benzene rings is 1. The maximum atomic E-state index is 14.6. The summed E-state index contributed by atoms with van der Waals surface area (Å²) in [5.74, 6) is 1.57. The van der Waals surface area contributed by atoms with Crippen molar-refractivity contribution >= 4 is 22.7 Å². The van der Waals surface area contributed by atoms with Crippen molar-refractivity contribution in [3.63, 3.8) is 0 Å². The summed E-state index contributed by atoms with van der Waals surface area (Å²) >= 11 is 1.70. The zero-order valence-electron chi connectivity index (χ0n) is 18.6. The van der Waals surface area contributed by atoms with Crippen molar-refractivity contribution < 1.29 is 28.4 Å². The maximum Gasteiger partial charge on any atom is 0.247 e. The van der Waals surface area contributed by atoms with Crippen molar-refractivity contribution in [3.05, 3.63) is 47.5 Å². The number of aliphatic hydroxyl groups excluding tert-OH is 1. The first-order valence-electron chi connectivity index (χ1n) is 11.0. The van der Waals surface area contributed by atoms with Gasteiger partial charge in [0.05, 0.1) is 55.3 Å². The molecule has 1 fully saturated rings. The van der Waals surface area contributed by atoms with E-state index in [2.05, 4.69) is 20.5 Å². The van der Waals surface area contributed by atoms with Crippen LogP contribution in [0, 0.1) is 5.82 Å². The molecule has 2 N–H and O–H groups in total. The molecular weight excluding hydrogens is 463 g/mol. The zero-order chi connectivity index (χ0) is 23.5. The predicted octanol–water partition coefficient (Wildman–Crippen LogP) is 2.09. The molecule has 9 nitrogen and oxygen atoms in total. The lowest BCUT2D eigenvalue weighted by molar-refractivity contribution is -0.230. The number of hydrogen-bond donors (Lipinski definition) is 2. The zero-order valence-corrected chi connectivity index (χ0v) is 19.4. The minimum Gasteiger partial charge on any atom is -0.497 e. The van der Waals surface area contributed by atoms with Gasteiger partial charge in [-0.25, -0.2) is 4.39 Å². The van der Waals surface area contributed by atoms with Gasteiger partial charge in [-0.1, -0.05) is 0 Å². The van der Waals surface area contributed by atoms with Crippen molar-refractivity contribution in [2.45, 2.75) is 36.3 Å². The van der Waals surface area contributed by atoms with Gasteiger partial charge < -0.3 is 29.4 Å². The molecule has 0 radical (unpaired) electrons. The minimum atomic E-state index is -1.05. The molecule has 0 spiro atoms. The Kier molecular flexibility index (Phi) is 7.07. The van der Waals surface area contributed by atoms with Crippen LogP contribution in [-0.2, 0) is 22.4 Å². The average molecular weight is 489 g/mol. The summed E-state index contributed by atoms with van der Waals surface area (Å²) in [4.78, 5) is 5.11. The van der Waals surface area contributed by atoms with E-state index in [1.165, 1.54) is 0 Å². The lowest BCUT2D eigenvalue weighted by Gasteiger charge is -2.32. The highest BCUT2D eigenvalue weighted by Crippen LogP contribution is 2.31. The van der Waals surface area contributed by atoms with Crippen LogP contribution >= 0.6 is 11.8 Å². The number of aliphatic hydroxyl groups is 1. The van der Waals surface area contributed by atoms with Gasteiger partial charge >= 0.3 is 0 Å². The molecule has 5 rings (SSSR count). The number of fused-ring (bicyclic) bond motifs is 2. The standard InChI is InChI=1S/C23H25FN4O5S/c1-30-15-2-3-19-17(7-15)16(18(24)10-26-19)8-20(29)23-32-11-14(12-33-23)25-9-13-6-21-22(28-27-13)31-4-5-34-21/h2-3,6-7,10,14,20,23,25,29H,4-5,8-9,11-12H2,1H3/t14?,20-,23?/m0/s1. The van der Waals surface area contributed by atoms with Crippen molar-refractivity contribution in [1.82, 2.24) is 20.5 Å². The smallest absolute Gasteiger partial charge is 0.247 e. The Labute approximate surface area is 200 Å². The molecular formula is C23H25FN4O5S. The Morgan fingerprint density at radius 1 is 1.26 bits per heavy atom. The lowest BCUT2D eigenvalue weighted by Crippen LogP contribution is -2.48. The van der Waals surface area contributed by atoms with Crippen molar-refractivity contribution in [3.8, 4) is 11.6 Å². The molecule has 180 valence electrons. The van der Waals surface area contributed by atoms with Gasteiger partial charge in [0.1, 0.15) is 17.7 Å². The first kappa shape index (κ1) is 23.2. The fourth-order valence-corrected chi connectivity index (χ4v) is 4.76. The van der Waals surface area contributed by atoms with Crippen LogP contribution in [0.25, 0.3) is 10.9 Å². The summed E-state index contributed by atoms with van der Waals surface area (Å²) in [5, 5.41) is 23.0. The van der Waals surface area contributed by atoms with Crippen LogP contribution in [0.1, 0.15) is 11.3 Å². The Balaban J connectivity index is 1.16. The van der Waals surface area contributed by atoms with E-state index in [0.717, 1.165) is 22.5 Å². The number of halogens is 1. The summed E-state index contributed by atoms with van der Waals surface area (Å²) in [6.07, 6.45) is -0.724. The van der Waals surface area contributed by atoms with Gasteiger partial charge in [0, 0.05) is 29.7 Å². The van der Waals surface area contributed by atoms with E-state index in [1.54, 1.807) is 37.1 Å². The number of nitrogens with one attached hydrogen (secondary N) is 1. The molecule has 0 bridgehead atoms. The molecule has 2 aromatic heterocycles. The summed E-state index contributed by atoms with van der Waals surface area (Å²) in [7, 11) is 1.54. The molecule has 11 heteroatoms. The number of hydrogen-bond acceptors (Lipinski definition) is 10. The van der Waals surface area contributed by atoms with E-state index in [4.69, 9.17) is 18.9 Å². The minimum absolute atomic E-state index is 0.0191. The third kappa shape index (κ3) is 5.08. The fraction of sp³-hybridized carbons (Fsp3) is 0.435. The summed E-state index contributed by atoms with van der Waals surface area (Å²) in [5.41, 5.74) is 1.76. The summed E-state index contributed by atoms with van der Waals surface area (Å²) in [6, 6.07) is 7.12. The monoisotopic (exact) mass is 488 g/mol. The molecule has 4 heterocycles. The van der Waals surface area contributed by atoms with Gasteiger partial charge in [0.2, 0.25) is 5.88 Å². The number of rotatable bonds is 7. The molecule has 2 aliphatic rings. The van der Waals surface area contributed by atoms with Crippen LogP contribution in [0.5, 0.6) is 11.6 Å². The third-order valence-electron chi connectivity index (χ3n) is 5.71. The maximum absolute atomic E-state index is 14.6. The van der Waals surface area contributed by atoms with Crippen LogP contribution < -0.4 is 14.8 Å². The molecule has 2 aliphatic heterocycles. The van der Waals surface area contributed by atoms with Crippen molar-refractivity contribution in [2.24, 2.45) is 0 Å². The van der Waals surface area contributed by atoms with Crippen LogP contribution in [0.2, 0.25) is 0 Å². The quantitative estimate of drug-likeness (QED) is 0.513. The molecule has 0 amide bonds. The predicted molar refractivity (Wildman–Crippen MR) is 123 cm³/mol. The fourth-order valence-electron chi connectivity index (χ4n) is 3.93. The van der Waals surface area contributed by atoms with Crippen molar-refractivity contribution in [1.29, 1.82) is 0 Å². The highest BCUT2D eigenvalue weighted by atomic mass is 32.2. The van der Waals surface area contributed by atoms with E-state index in [9.17, 15) is 9.50 Å². The normalized spacial score (nSPS) is 21.0. The number of aromatic nitrogens is 3. The van der Waals surface area contributed by atoms with Gasteiger partial charge in [-0.2, -0.15) is 5.10 Å². The van der Waals surface area contributed by atoms with E-state index in [0.29, 0.717) is 54.5 Å². The average Bonchev–Trinajstić information content (AvgIpc) is 2.89. The Hall–Kier alpha value is -2.57. The Bertz CT molecular complexity index is 1160. The van der Waals surface area contributed by atoms with Crippen LogP contribution in [0.4, 0.5) is 4.39 Å². The number of methoxy groups -OCH3 is 1. The summed E-state index contributed by atoms with van der Waals surface area (Å²) in [6.45, 7) is 1.82. The molecule has 1 atom stereocenters. The number of nitrogens with zero attached hydrogens (tertiary/aromatic N) is 3. The number of pyridine rings is 1. The van der Waals surface area contributed by atoms with Gasteiger partial charge in [-0.05, 0) is 24.3 Å². The van der Waals surface area contributed by atoms with Gasteiger partial charge in [-0.15, -0.1) is 16.9 Å². The highest BCUT2D eigenvalue weighted by molar-refractivity contribution is 7.99.